The van der Waals surface area contributed by atoms with Gasteiger partial charge in [0.05, 0.1) is 12.0 Å². The van der Waals surface area contributed by atoms with Crippen LogP contribution < -0.4 is 5.32 Å². The van der Waals surface area contributed by atoms with Gasteiger partial charge in [0.2, 0.25) is 0 Å². The van der Waals surface area contributed by atoms with Crippen molar-refractivity contribution in [1.29, 1.82) is 0 Å². The lowest BCUT2D eigenvalue weighted by atomic mass is 10.1. The molecule has 0 aromatic carbocycles. The van der Waals surface area contributed by atoms with E-state index in [1.54, 1.807) is 12.2 Å². The number of urea groups is 1. The van der Waals surface area contributed by atoms with Crippen molar-refractivity contribution in [2.75, 3.05) is 18.8 Å². The Morgan fingerprint density at radius 2 is 2.26 bits per heavy atom. The smallest absolute Gasteiger partial charge is 0.317 e. The molecule has 1 fully saturated rings. The van der Waals surface area contributed by atoms with Gasteiger partial charge in [-0.1, -0.05) is 19.1 Å². The molecule has 3 atom stereocenters. The van der Waals surface area contributed by atoms with Crippen molar-refractivity contribution >= 4 is 23.8 Å². The Morgan fingerprint density at radius 1 is 1.47 bits per heavy atom. The van der Waals surface area contributed by atoms with Crippen LogP contribution in [0.15, 0.2) is 12.2 Å². The second-order valence-electron chi connectivity index (χ2n) is 4.97. The minimum atomic E-state index is -0.826. The van der Waals surface area contributed by atoms with E-state index in [2.05, 4.69) is 12.2 Å². The summed E-state index contributed by atoms with van der Waals surface area (Å²) in [5.74, 6) is -0.316. The molecular formula is C13H20N2O3S. The van der Waals surface area contributed by atoms with Crippen LogP contribution in [-0.2, 0) is 4.79 Å². The van der Waals surface area contributed by atoms with E-state index in [9.17, 15) is 9.59 Å². The van der Waals surface area contributed by atoms with Gasteiger partial charge in [0.1, 0.15) is 0 Å². The molecule has 5 nitrogen and oxygen atoms in total. The summed E-state index contributed by atoms with van der Waals surface area (Å²) in [5.41, 5.74) is 0. The fraction of sp³-hybridized carbons (Fsp3) is 0.692. The van der Waals surface area contributed by atoms with Crippen molar-refractivity contribution in [3.63, 3.8) is 0 Å². The van der Waals surface area contributed by atoms with Gasteiger partial charge >= 0.3 is 12.0 Å². The molecular weight excluding hydrogens is 264 g/mol. The molecule has 1 aliphatic heterocycles. The van der Waals surface area contributed by atoms with Gasteiger partial charge in [0.25, 0.3) is 0 Å². The Labute approximate surface area is 117 Å². The second-order valence-corrected chi connectivity index (χ2v) is 6.38. The number of carboxylic acids is 1. The lowest BCUT2D eigenvalue weighted by molar-refractivity contribution is -0.140. The molecule has 2 amide bonds. The molecule has 2 N–H and O–H groups in total. The average Bonchev–Trinajstić information content (AvgIpc) is 2.87. The number of aliphatic carboxylic acids is 1. The SMILES string of the molecule is CCC1CN(C(=O)NC2C=CC(C(=O)O)C2)CCS1. The van der Waals surface area contributed by atoms with Gasteiger partial charge < -0.3 is 15.3 Å². The summed E-state index contributed by atoms with van der Waals surface area (Å²) in [6.07, 6.45) is 4.97. The summed E-state index contributed by atoms with van der Waals surface area (Å²) in [5, 5.41) is 12.3. The predicted octanol–water partition coefficient (Wildman–Crippen LogP) is 1.55. The first-order valence-electron chi connectivity index (χ1n) is 6.68. The maximum Gasteiger partial charge on any atom is 0.317 e. The first-order valence-corrected chi connectivity index (χ1v) is 7.73. The summed E-state index contributed by atoms with van der Waals surface area (Å²) in [4.78, 5) is 24.8. The Hall–Kier alpha value is -1.17. The van der Waals surface area contributed by atoms with E-state index < -0.39 is 11.9 Å². The fourth-order valence-corrected chi connectivity index (χ4v) is 3.57. The number of amides is 2. The summed E-state index contributed by atoms with van der Waals surface area (Å²) in [6, 6.07) is -0.220. The van der Waals surface area contributed by atoms with Crippen molar-refractivity contribution in [3.05, 3.63) is 12.2 Å². The Balaban J connectivity index is 1.82. The van der Waals surface area contributed by atoms with Crippen LogP contribution in [0, 0.1) is 5.92 Å². The number of hydrogen-bond acceptors (Lipinski definition) is 3. The van der Waals surface area contributed by atoms with Gasteiger partial charge in [-0.3, -0.25) is 4.79 Å². The van der Waals surface area contributed by atoms with Gasteiger partial charge in [-0.2, -0.15) is 11.8 Å². The summed E-state index contributed by atoms with van der Waals surface area (Å²) < 4.78 is 0. The highest BCUT2D eigenvalue weighted by atomic mass is 32.2. The lowest BCUT2D eigenvalue weighted by Gasteiger charge is -2.32. The number of carbonyl (C=O) groups is 2. The largest absolute Gasteiger partial charge is 0.481 e. The number of nitrogens with zero attached hydrogens (tertiary/aromatic N) is 1. The van der Waals surface area contributed by atoms with Gasteiger partial charge in [0.15, 0.2) is 0 Å². The quantitative estimate of drug-likeness (QED) is 0.772. The van der Waals surface area contributed by atoms with E-state index in [-0.39, 0.29) is 12.1 Å². The first-order chi connectivity index (χ1) is 9.10. The first kappa shape index (κ1) is 14.2. The monoisotopic (exact) mass is 284 g/mol. The van der Waals surface area contributed by atoms with E-state index in [1.165, 1.54) is 0 Å². The van der Waals surface area contributed by atoms with E-state index in [0.717, 1.165) is 25.3 Å². The molecule has 0 aromatic heterocycles. The van der Waals surface area contributed by atoms with Crippen LogP contribution in [0.5, 0.6) is 0 Å². The van der Waals surface area contributed by atoms with Crippen molar-refractivity contribution < 1.29 is 14.7 Å². The van der Waals surface area contributed by atoms with Gasteiger partial charge in [0, 0.05) is 24.1 Å². The van der Waals surface area contributed by atoms with Crippen molar-refractivity contribution in [1.82, 2.24) is 10.2 Å². The normalized spacial score (nSPS) is 30.4. The summed E-state index contributed by atoms with van der Waals surface area (Å²) in [7, 11) is 0. The summed E-state index contributed by atoms with van der Waals surface area (Å²) >= 11 is 1.92. The molecule has 1 saturated heterocycles. The Kier molecular flexibility index (Phi) is 4.74. The lowest BCUT2D eigenvalue weighted by Crippen LogP contribution is -2.49. The minimum absolute atomic E-state index is 0.0700. The van der Waals surface area contributed by atoms with Crippen LogP contribution >= 0.6 is 11.8 Å². The third-order valence-electron chi connectivity index (χ3n) is 3.59. The number of hydrogen-bond donors (Lipinski definition) is 2. The van der Waals surface area contributed by atoms with Crippen LogP contribution in [0.25, 0.3) is 0 Å². The standard InChI is InChI=1S/C13H20N2O3S/c1-2-11-8-15(5-6-19-11)13(18)14-10-4-3-9(7-10)12(16)17/h3-4,9-11H,2,5-8H2,1H3,(H,14,18)(H,16,17). The maximum atomic E-state index is 12.1. The Morgan fingerprint density at radius 3 is 2.89 bits per heavy atom. The molecule has 0 radical (unpaired) electrons. The predicted molar refractivity (Wildman–Crippen MR) is 75.3 cm³/mol. The highest BCUT2D eigenvalue weighted by molar-refractivity contribution is 8.00. The topological polar surface area (TPSA) is 69.6 Å². The molecule has 2 rings (SSSR count). The minimum Gasteiger partial charge on any atom is -0.481 e. The zero-order chi connectivity index (χ0) is 13.8. The molecule has 106 valence electrons. The van der Waals surface area contributed by atoms with Gasteiger partial charge in [-0.15, -0.1) is 0 Å². The molecule has 0 aromatic rings. The molecule has 2 aliphatic rings. The third-order valence-corrected chi connectivity index (χ3v) is 4.96. The molecule has 6 heteroatoms. The van der Waals surface area contributed by atoms with Crippen LogP contribution in [0.1, 0.15) is 19.8 Å². The molecule has 1 aliphatic carbocycles. The number of carbonyl (C=O) groups excluding carboxylic acids is 1. The van der Waals surface area contributed by atoms with Gasteiger partial charge in [-0.05, 0) is 12.8 Å². The summed E-state index contributed by atoms with van der Waals surface area (Å²) in [6.45, 7) is 3.69. The van der Waals surface area contributed by atoms with E-state index in [1.807, 2.05) is 16.7 Å². The van der Waals surface area contributed by atoms with E-state index in [0.29, 0.717) is 11.7 Å². The van der Waals surface area contributed by atoms with Crippen molar-refractivity contribution in [3.8, 4) is 0 Å². The molecule has 1 heterocycles. The highest BCUT2D eigenvalue weighted by Gasteiger charge is 2.28. The van der Waals surface area contributed by atoms with Crippen molar-refractivity contribution in [2.24, 2.45) is 5.92 Å². The maximum absolute atomic E-state index is 12.1. The van der Waals surface area contributed by atoms with E-state index >= 15 is 0 Å². The number of nitrogens with one attached hydrogen (secondary N) is 1. The van der Waals surface area contributed by atoms with Crippen LogP contribution in [-0.4, -0.2) is 52.1 Å². The fourth-order valence-electron chi connectivity index (χ4n) is 2.39. The number of carboxylic acid groups (broad SMARTS) is 1. The molecule has 0 bridgehead atoms. The van der Waals surface area contributed by atoms with Gasteiger partial charge in [-0.25, -0.2) is 4.79 Å². The molecule has 0 saturated carbocycles. The number of thioether (sulfide) groups is 1. The molecule has 3 unspecified atom stereocenters. The van der Waals surface area contributed by atoms with E-state index in [4.69, 9.17) is 5.11 Å². The van der Waals surface area contributed by atoms with Crippen LogP contribution in [0.2, 0.25) is 0 Å². The Bertz CT molecular complexity index is 386. The van der Waals surface area contributed by atoms with Crippen LogP contribution in [0.4, 0.5) is 4.79 Å². The second kappa shape index (κ2) is 6.32. The molecule has 0 spiro atoms. The zero-order valence-corrected chi connectivity index (χ0v) is 11.9. The van der Waals surface area contributed by atoms with Crippen LogP contribution in [0.3, 0.4) is 0 Å². The molecule has 19 heavy (non-hydrogen) atoms. The third kappa shape index (κ3) is 3.65. The zero-order valence-electron chi connectivity index (χ0n) is 11.0. The average molecular weight is 284 g/mol. The van der Waals surface area contributed by atoms with Crippen molar-refractivity contribution in [2.45, 2.75) is 31.1 Å². The highest BCUT2D eigenvalue weighted by Crippen LogP contribution is 2.22. The number of rotatable bonds is 3.